The minimum atomic E-state index is -0.533. The lowest BCUT2D eigenvalue weighted by molar-refractivity contribution is 0.0553. The molecule has 2 aliphatic heterocycles. The van der Waals surface area contributed by atoms with Gasteiger partial charge in [0.2, 0.25) is 5.76 Å². The molecule has 4 rings (SSSR count). The zero-order valence-electron chi connectivity index (χ0n) is 14.6. The molecule has 2 aliphatic rings. The Kier molecular flexibility index (Phi) is 4.36. The van der Waals surface area contributed by atoms with Crippen molar-refractivity contribution in [2.45, 2.75) is 25.2 Å². The van der Waals surface area contributed by atoms with Gasteiger partial charge in [0.05, 0.1) is 25.0 Å². The summed E-state index contributed by atoms with van der Waals surface area (Å²) < 4.78 is 15.3. The van der Waals surface area contributed by atoms with Gasteiger partial charge in [-0.05, 0) is 24.5 Å². The number of rotatable bonds is 3. The molecule has 7 heteroatoms. The van der Waals surface area contributed by atoms with E-state index in [0.29, 0.717) is 25.3 Å². The lowest BCUT2D eigenvalue weighted by atomic mass is 9.93. The van der Waals surface area contributed by atoms with E-state index in [1.165, 1.54) is 7.11 Å². The van der Waals surface area contributed by atoms with Gasteiger partial charge in [-0.25, -0.2) is 4.79 Å². The normalized spacial score (nSPS) is 16.9. The topological polar surface area (TPSA) is 81.9 Å². The van der Waals surface area contributed by atoms with Gasteiger partial charge < -0.3 is 18.9 Å². The van der Waals surface area contributed by atoms with E-state index in [9.17, 15) is 9.59 Å². The third-order valence-electron chi connectivity index (χ3n) is 5.06. The molecule has 0 unspecified atom stereocenters. The van der Waals surface area contributed by atoms with Crippen LogP contribution in [0.25, 0.3) is 0 Å². The molecule has 1 aromatic heterocycles. The van der Waals surface area contributed by atoms with E-state index in [2.05, 4.69) is 9.89 Å². The standard InChI is InChI=1S/C19H20N2O5/c1-24-19(23)16-11-15(20-26-16)12-5-8-21(9-6-12)18(22)14-4-2-3-13-7-10-25-17(13)14/h2-4,11-12H,5-10H2,1H3. The number of para-hydroxylation sites is 1. The number of piperidine rings is 1. The van der Waals surface area contributed by atoms with E-state index in [-0.39, 0.29) is 17.6 Å². The van der Waals surface area contributed by atoms with Gasteiger partial charge in [0.25, 0.3) is 5.91 Å². The summed E-state index contributed by atoms with van der Waals surface area (Å²) >= 11 is 0. The molecule has 1 saturated heterocycles. The second kappa shape index (κ2) is 6.82. The molecule has 0 bridgehead atoms. The summed E-state index contributed by atoms with van der Waals surface area (Å²) in [4.78, 5) is 26.2. The van der Waals surface area contributed by atoms with Crippen molar-refractivity contribution in [1.29, 1.82) is 0 Å². The lowest BCUT2D eigenvalue weighted by Crippen LogP contribution is -2.38. The minimum absolute atomic E-state index is 0.0117. The van der Waals surface area contributed by atoms with Crippen LogP contribution in [0, 0.1) is 0 Å². The fourth-order valence-electron chi connectivity index (χ4n) is 3.61. The van der Waals surface area contributed by atoms with Crippen molar-refractivity contribution in [2.75, 3.05) is 26.8 Å². The highest BCUT2D eigenvalue weighted by Crippen LogP contribution is 2.33. The number of aromatic nitrogens is 1. The van der Waals surface area contributed by atoms with Crippen LogP contribution in [0.4, 0.5) is 0 Å². The number of esters is 1. The quantitative estimate of drug-likeness (QED) is 0.786. The van der Waals surface area contributed by atoms with Crippen LogP contribution >= 0.6 is 0 Å². The lowest BCUT2D eigenvalue weighted by Gasteiger charge is -2.31. The number of amides is 1. The summed E-state index contributed by atoms with van der Waals surface area (Å²) in [5.41, 5.74) is 2.48. The second-order valence-electron chi connectivity index (χ2n) is 6.57. The maximum atomic E-state index is 12.9. The average molecular weight is 356 g/mol. The van der Waals surface area contributed by atoms with Crippen molar-refractivity contribution in [1.82, 2.24) is 10.1 Å². The van der Waals surface area contributed by atoms with Crippen molar-refractivity contribution in [3.63, 3.8) is 0 Å². The predicted molar refractivity (Wildman–Crippen MR) is 91.4 cm³/mol. The Morgan fingerprint density at radius 3 is 2.85 bits per heavy atom. The zero-order valence-corrected chi connectivity index (χ0v) is 14.6. The first kappa shape index (κ1) is 16.6. The van der Waals surface area contributed by atoms with E-state index in [1.54, 1.807) is 6.07 Å². The molecule has 0 atom stereocenters. The van der Waals surface area contributed by atoms with E-state index in [4.69, 9.17) is 9.26 Å². The fraction of sp³-hybridized carbons (Fsp3) is 0.421. The molecule has 3 heterocycles. The molecule has 0 spiro atoms. The van der Waals surface area contributed by atoms with Crippen LogP contribution in [0.1, 0.15) is 50.9 Å². The van der Waals surface area contributed by atoms with Crippen molar-refractivity contribution in [2.24, 2.45) is 0 Å². The van der Waals surface area contributed by atoms with E-state index >= 15 is 0 Å². The molecule has 1 fully saturated rings. The van der Waals surface area contributed by atoms with E-state index in [1.807, 2.05) is 23.1 Å². The molecule has 26 heavy (non-hydrogen) atoms. The number of carbonyl (C=O) groups excluding carboxylic acids is 2. The van der Waals surface area contributed by atoms with Gasteiger partial charge in [-0.1, -0.05) is 17.3 Å². The van der Waals surface area contributed by atoms with Crippen LogP contribution in [-0.4, -0.2) is 48.7 Å². The number of carbonyl (C=O) groups is 2. The summed E-state index contributed by atoms with van der Waals surface area (Å²) in [5.74, 6) is 0.489. The molecule has 7 nitrogen and oxygen atoms in total. The Morgan fingerprint density at radius 1 is 1.27 bits per heavy atom. The van der Waals surface area contributed by atoms with Crippen LogP contribution < -0.4 is 4.74 Å². The average Bonchev–Trinajstić information content (AvgIpc) is 3.36. The van der Waals surface area contributed by atoms with Gasteiger partial charge in [0.1, 0.15) is 5.75 Å². The van der Waals surface area contributed by atoms with E-state index in [0.717, 1.165) is 36.3 Å². The number of benzene rings is 1. The Bertz CT molecular complexity index is 836. The molecule has 0 saturated carbocycles. The van der Waals surface area contributed by atoms with E-state index < -0.39 is 5.97 Å². The number of nitrogens with zero attached hydrogens (tertiary/aromatic N) is 2. The summed E-state index contributed by atoms with van der Waals surface area (Å²) in [6.45, 7) is 1.90. The highest BCUT2D eigenvalue weighted by molar-refractivity contribution is 5.97. The van der Waals surface area contributed by atoms with Crippen LogP contribution in [0.5, 0.6) is 5.75 Å². The smallest absolute Gasteiger partial charge is 0.376 e. The summed E-state index contributed by atoms with van der Waals surface area (Å²) in [7, 11) is 1.30. The number of hydrogen-bond donors (Lipinski definition) is 0. The second-order valence-corrected chi connectivity index (χ2v) is 6.57. The van der Waals surface area contributed by atoms with Crippen molar-refractivity contribution >= 4 is 11.9 Å². The summed E-state index contributed by atoms with van der Waals surface area (Å²) in [5, 5.41) is 3.98. The molecule has 1 aromatic carbocycles. The van der Waals surface area contributed by atoms with Gasteiger partial charge in [0, 0.05) is 31.5 Å². The Hall–Kier alpha value is -2.83. The number of ether oxygens (including phenoxy) is 2. The van der Waals surface area contributed by atoms with Crippen LogP contribution in [0.2, 0.25) is 0 Å². The molecule has 136 valence electrons. The van der Waals surface area contributed by atoms with Gasteiger partial charge >= 0.3 is 5.97 Å². The number of methoxy groups -OCH3 is 1. The highest BCUT2D eigenvalue weighted by atomic mass is 16.5. The molecule has 0 aliphatic carbocycles. The van der Waals surface area contributed by atoms with Gasteiger partial charge in [-0.2, -0.15) is 0 Å². The molecule has 1 amide bonds. The van der Waals surface area contributed by atoms with Crippen molar-refractivity contribution in [3.05, 3.63) is 46.8 Å². The third-order valence-corrected chi connectivity index (χ3v) is 5.06. The molecule has 0 radical (unpaired) electrons. The minimum Gasteiger partial charge on any atom is -0.492 e. The maximum absolute atomic E-state index is 12.9. The van der Waals surface area contributed by atoms with Crippen LogP contribution in [0.3, 0.4) is 0 Å². The van der Waals surface area contributed by atoms with Crippen LogP contribution in [-0.2, 0) is 11.2 Å². The van der Waals surface area contributed by atoms with Crippen molar-refractivity contribution < 1.29 is 23.6 Å². The number of likely N-dealkylation sites (tertiary alicyclic amines) is 1. The molecular formula is C19H20N2O5. The Labute approximate surface area is 150 Å². The van der Waals surface area contributed by atoms with Gasteiger partial charge in [-0.15, -0.1) is 0 Å². The highest BCUT2D eigenvalue weighted by Gasteiger charge is 2.30. The van der Waals surface area contributed by atoms with Gasteiger partial charge in [0.15, 0.2) is 0 Å². The summed E-state index contributed by atoms with van der Waals surface area (Å²) in [6, 6.07) is 7.39. The zero-order chi connectivity index (χ0) is 18.1. The summed E-state index contributed by atoms with van der Waals surface area (Å²) in [6.07, 6.45) is 2.40. The predicted octanol–water partition coefficient (Wildman–Crippen LogP) is 2.42. The Morgan fingerprint density at radius 2 is 2.08 bits per heavy atom. The van der Waals surface area contributed by atoms with Crippen LogP contribution in [0.15, 0.2) is 28.8 Å². The fourth-order valence-corrected chi connectivity index (χ4v) is 3.61. The number of hydrogen-bond acceptors (Lipinski definition) is 6. The first-order chi connectivity index (χ1) is 12.7. The van der Waals surface area contributed by atoms with Gasteiger partial charge in [-0.3, -0.25) is 4.79 Å². The third kappa shape index (κ3) is 2.94. The first-order valence-electron chi connectivity index (χ1n) is 8.76. The Balaban J connectivity index is 1.42. The first-order valence-corrected chi connectivity index (χ1v) is 8.76. The largest absolute Gasteiger partial charge is 0.492 e. The molecule has 2 aromatic rings. The maximum Gasteiger partial charge on any atom is 0.376 e. The molecular weight excluding hydrogens is 336 g/mol. The monoisotopic (exact) mass is 356 g/mol. The SMILES string of the molecule is COC(=O)c1cc(C2CCN(C(=O)c3cccc4c3OCC4)CC2)no1. The molecule has 0 N–H and O–H groups in total. The van der Waals surface area contributed by atoms with Crippen molar-refractivity contribution in [3.8, 4) is 5.75 Å². The number of fused-ring (bicyclic) bond motifs is 1.